The van der Waals surface area contributed by atoms with E-state index in [0.717, 1.165) is 4.90 Å². The van der Waals surface area contributed by atoms with Crippen molar-refractivity contribution in [1.82, 2.24) is 0 Å². The van der Waals surface area contributed by atoms with Crippen molar-refractivity contribution < 1.29 is 8.63 Å². The second-order valence-corrected chi connectivity index (χ2v) is 16.9. The SMILES string of the molecule is CC[Si](CC)(CC)O[C@@H](C1CCCCC1)[C@@H](/C(C)=C/S(=O)(=NC)c1ccccc1)C(C)C. The van der Waals surface area contributed by atoms with E-state index in [2.05, 4.69) is 45.9 Å². The van der Waals surface area contributed by atoms with Gasteiger partial charge in [-0.05, 0) is 61.9 Å². The molecule has 0 saturated heterocycles. The summed E-state index contributed by atoms with van der Waals surface area (Å²) in [5.74, 6) is 1.29. The molecule has 1 aliphatic rings. The minimum atomic E-state index is -2.59. The van der Waals surface area contributed by atoms with E-state index in [4.69, 9.17) is 4.43 Å². The summed E-state index contributed by atoms with van der Waals surface area (Å²) in [6.07, 6.45) is 6.70. The zero-order valence-corrected chi connectivity index (χ0v) is 23.4. The smallest absolute Gasteiger partial charge is 0.192 e. The summed E-state index contributed by atoms with van der Waals surface area (Å²) in [6, 6.07) is 13.2. The zero-order chi connectivity index (χ0) is 23.8. The molecule has 0 aliphatic heterocycles. The standard InChI is InChI=1S/C27H47NO2SSi/c1-8-32(9-2,10-3)30-27(24-17-13-11-14-18-24)26(22(4)5)23(6)21-31(29,28-7)25-19-15-12-16-20-25/h12,15-16,19-22,24,26-27H,8-11,13-14,17-18H2,1-7H3/b23-21+/t26-,27+,31?/m1/s1. The third kappa shape index (κ3) is 6.57. The summed E-state index contributed by atoms with van der Waals surface area (Å²) in [7, 11) is -2.68. The first-order chi connectivity index (χ1) is 15.3. The molecular weight excluding hydrogens is 430 g/mol. The van der Waals surface area contributed by atoms with Crippen LogP contribution >= 0.6 is 0 Å². The predicted molar refractivity (Wildman–Crippen MR) is 142 cm³/mol. The van der Waals surface area contributed by atoms with Gasteiger partial charge in [0.25, 0.3) is 0 Å². The molecule has 3 atom stereocenters. The van der Waals surface area contributed by atoms with Gasteiger partial charge in [-0.25, -0.2) is 8.57 Å². The fourth-order valence-electron chi connectivity index (χ4n) is 5.55. The van der Waals surface area contributed by atoms with Gasteiger partial charge in [0, 0.05) is 18.4 Å². The van der Waals surface area contributed by atoms with Crippen LogP contribution in [0.2, 0.25) is 18.1 Å². The molecule has 0 N–H and O–H groups in total. The van der Waals surface area contributed by atoms with Crippen LogP contribution in [0.5, 0.6) is 0 Å². The Morgan fingerprint density at radius 3 is 2.12 bits per heavy atom. The van der Waals surface area contributed by atoms with E-state index in [0.29, 0.717) is 11.8 Å². The Bertz CT molecular complexity index is 824. The maximum Gasteiger partial charge on any atom is 0.192 e. The number of hydrogen-bond donors (Lipinski definition) is 0. The highest BCUT2D eigenvalue weighted by atomic mass is 32.2. The molecule has 0 spiro atoms. The van der Waals surface area contributed by atoms with Crippen molar-refractivity contribution in [3.63, 3.8) is 0 Å². The normalized spacial score (nSPS) is 20.1. The Kier molecular flexibility index (Phi) is 10.7. The highest BCUT2D eigenvalue weighted by Gasteiger charge is 2.40. The molecule has 0 heterocycles. The van der Waals surface area contributed by atoms with Crippen LogP contribution in [0.15, 0.2) is 50.6 Å². The molecule has 3 nitrogen and oxygen atoms in total. The minimum Gasteiger partial charge on any atom is -0.413 e. The van der Waals surface area contributed by atoms with Crippen LogP contribution in [-0.4, -0.2) is 25.7 Å². The van der Waals surface area contributed by atoms with Gasteiger partial charge < -0.3 is 4.43 Å². The first kappa shape index (κ1) is 27.3. The molecule has 1 aromatic rings. The maximum absolute atomic E-state index is 13.9. The highest BCUT2D eigenvalue weighted by Crippen LogP contribution is 2.41. The average molecular weight is 478 g/mol. The summed E-state index contributed by atoms with van der Waals surface area (Å²) >= 11 is 0. The molecule has 0 amide bonds. The third-order valence-electron chi connectivity index (χ3n) is 7.73. The molecule has 1 aromatic carbocycles. The molecule has 0 aromatic heterocycles. The molecule has 0 bridgehead atoms. The van der Waals surface area contributed by atoms with E-state index in [1.807, 2.05) is 35.7 Å². The number of nitrogens with zero attached hydrogens (tertiary/aromatic N) is 1. The van der Waals surface area contributed by atoms with Gasteiger partial charge in [-0.3, -0.25) is 0 Å². The fraction of sp³-hybridized carbons (Fsp3) is 0.704. The van der Waals surface area contributed by atoms with E-state index in [1.165, 1.54) is 55.8 Å². The van der Waals surface area contributed by atoms with Gasteiger partial charge in [-0.2, -0.15) is 0 Å². The summed E-state index contributed by atoms with van der Waals surface area (Å²) < 4.78 is 25.6. The van der Waals surface area contributed by atoms with Crippen LogP contribution < -0.4 is 0 Å². The summed E-state index contributed by atoms with van der Waals surface area (Å²) in [6.45, 7) is 13.8. The molecule has 5 heteroatoms. The number of hydrogen-bond acceptors (Lipinski definition) is 3. The van der Waals surface area contributed by atoms with Gasteiger partial charge in [0.1, 0.15) is 0 Å². The van der Waals surface area contributed by atoms with Gasteiger partial charge in [0.2, 0.25) is 0 Å². The molecule has 0 radical (unpaired) electrons. The van der Waals surface area contributed by atoms with Gasteiger partial charge in [0.05, 0.1) is 20.7 Å². The van der Waals surface area contributed by atoms with Crippen molar-refractivity contribution in [1.29, 1.82) is 0 Å². The Labute approximate surface area is 199 Å². The van der Waals surface area contributed by atoms with Crippen LogP contribution in [0.4, 0.5) is 0 Å². The first-order valence-electron chi connectivity index (χ1n) is 12.8. The van der Waals surface area contributed by atoms with Gasteiger partial charge in [0.15, 0.2) is 8.32 Å². The molecule has 182 valence electrons. The highest BCUT2D eigenvalue weighted by molar-refractivity contribution is 7.96. The van der Waals surface area contributed by atoms with Crippen LogP contribution in [0.25, 0.3) is 0 Å². The van der Waals surface area contributed by atoms with Gasteiger partial charge >= 0.3 is 0 Å². The summed E-state index contributed by atoms with van der Waals surface area (Å²) in [5.41, 5.74) is 1.18. The van der Waals surface area contributed by atoms with Crippen LogP contribution in [0.3, 0.4) is 0 Å². The van der Waals surface area contributed by atoms with Crippen molar-refractivity contribution in [2.24, 2.45) is 22.1 Å². The Hall–Kier alpha value is -0.913. The monoisotopic (exact) mass is 477 g/mol. The fourth-order valence-corrected chi connectivity index (χ4v) is 10.1. The predicted octanol–water partition coefficient (Wildman–Crippen LogP) is 8.29. The number of rotatable bonds is 11. The molecule has 1 unspecified atom stereocenters. The lowest BCUT2D eigenvalue weighted by molar-refractivity contribution is 0.0416. The second-order valence-electron chi connectivity index (χ2n) is 9.92. The lowest BCUT2D eigenvalue weighted by atomic mass is 9.74. The third-order valence-corrected chi connectivity index (χ3v) is 14.5. The quantitative estimate of drug-likeness (QED) is 0.301. The van der Waals surface area contributed by atoms with Crippen molar-refractivity contribution in [3.8, 4) is 0 Å². The number of benzene rings is 1. The second kappa shape index (κ2) is 12.5. The van der Waals surface area contributed by atoms with Gasteiger partial charge in [-0.15, -0.1) is 0 Å². The van der Waals surface area contributed by atoms with Crippen LogP contribution in [-0.2, 0) is 14.2 Å². The van der Waals surface area contributed by atoms with E-state index in [1.54, 1.807) is 7.05 Å². The molecule has 1 aliphatic carbocycles. The van der Waals surface area contributed by atoms with Crippen molar-refractivity contribution in [2.45, 2.75) is 103 Å². The van der Waals surface area contributed by atoms with Gasteiger partial charge in [-0.1, -0.05) is 77.7 Å². The van der Waals surface area contributed by atoms with E-state index in [9.17, 15) is 4.21 Å². The van der Waals surface area contributed by atoms with Crippen molar-refractivity contribution in [2.75, 3.05) is 7.05 Å². The zero-order valence-electron chi connectivity index (χ0n) is 21.6. The first-order valence-corrected chi connectivity index (χ1v) is 16.9. The average Bonchev–Trinajstić information content (AvgIpc) is 2.82. The molecule has 32 heavy (non-hydrogen) atoms. The molecule has 1 saturated carbocycles. The Morgan fingerprint density at radius 2 is 1.66 bits per heavy atom. The Balaban J connectivity index is 2.53. The topological polar surface area (TPSA) is 38.7 Å². The minimum absolute atomic E-state index is 0.217. The molecule has 1 fully saturated rings. The maximum atomic E-state index is 13.9. The largest absolute Gasteiger partial charge is 0.413 e. The van der Waals surface area contributed by atoms with E-state index in [-0.39, 0.29) is 12.0 Å². The lowest BCUT2D eigenvalue weighted by Crippen LogP contribution is -2.47. The van der Waals surface area contributed by atoms with Crippen molar-refractivity contribution >= 4 is 18.0 Å². The Morgan fingerprint density at radius 1 is 1.09 bits per heavy atom. The molecule has 2 rings (SSSR count). The van der Waals surface area contributed by atoms with E-state index >= 15 is 0 Å². The summed E-state index contributed by atoms with van der Waals surface area (Å²) in [5, 5.41) is 1.97. The lowest BCUT2D eigenvalue weighted by Gasteiger charge is -2.44. The van der Waals surface area contributed by atoms with E-state index < -0.39 is 18.0 Å². The van der Waals surface area contributed by atoms with Crippen LogP contribution in [0.1, 0.15) is 73.6 Å². The summed E-state index contributed by atoms with van der Waals surface area (Å²) in [4.78, 5) is 0.791. The van der Waals surface area contributed by atoms with Crippen molar-refractivity contribution in [3.05, 3.63) is 41.3 Å². The molecular formula is C27H47NO2SSi. The van der Waals surface area contributed by atoms with Crippen LogP contribution in [0, 0.1) is 17.8 Å².